The number of aromatic nitrogens is 1. The standard InChI is InChI=1S/C16H18FN3O/c1-3-18-15-14(17)13(9-10-19-15)16(21)20(2)11-12-7-5-4-6-8-12/h4-10H,3,11H2,1-2H3,(H,18,19). The van der Waals surface area contributed by atoms with Crippen molar-refractivity contribution in [3.63, 3.8) is 0 Å². The maximum Gasteiger partial charge on any atom is 0.257 e. The van der Waals surface area contributed by atoms with Crippen LogP contribution in [-0.4, -0.2) is 29.4 Å². The van der Waals surface area contributed by atoms with E-state index < -0.39 is 5.82 Å². The fourth-order valence-corrected chi connectivity index (χ4v) is 2.03. The molecular formula is C16H18FN3O. The molecule has 0 unspecified atom stereocenters. The number of nitrogens with one attached hydrogen (secondary N) is 1. The van der Waals surface area contributed by atoms with Gasteiger partial charge in [-0.3, -0.25) is 4.79 Å². The van der Waals surface area contributed by atoms with Gasteiger partial charge in [-0.15, -0.1) is 0 Å². The van der Waals surface area contributed by atoms with Crippen LogP contribution in [0.5, 0.6) is 0 Å². The number of hydrogen-bond donors (Lipinski definition) is 1. The van der Waals surface area contributed by atoms with Crippen molar-refractivity contribution < 1.29 is 9.18 Å². The Morgan fingerprint density at radius 1 is 1.29 bits per heavy atom. The number of carbonyl (C=O) groups is 1. The highest BCUT2D eigenvalue weighted by Crippen LogP contribution is 2.17. The third-order valence-electron chi connectivity index (χ3n) is 3.07. The van der Waals surface area contributed by atoms with Crippen LogP contribution in [0.25, 0.3) is 0 Å². The Morgan fingerprint density at radius 3 is 2.67 bits per heavy atom. The van der Waals surface area contributed by atoms with Gasteiger partial charge in [0.15, 0.2) is 11.6 Å². The average molecular weight is 287 g/mol. The van der Waals surface area contributed by atoms with E-state index in [0.717, 1.165) is 5.56 Å². The minimum absolute atomic E-state index is 0.0272. The van der Waals surface area contributed by atoms with Crippen LogP contribution >= 0.6 is 0 Å². The van der Waals surface area contributed by atoms with Gasteiger partial charge in [0.05, 0.1) is 5.56 Å². The number of halogens is 1. The molecule has 0 saturated heterocycles. The maximum absolute atomic E-state index is 14.2. The predicted octanol–water partition coefficient (Wildman–Crippen LogP) is 2.92. The monoisotopic (exact) mass is 287 g/mol. The van der Waals surface area contributed by atoms with E-state index >= 15 is 0 Å². The van der Waals surface area contributed by atoms with Crippen LogP contribution < -0.4 is 5.32 Å². The molecule has 1 N–H and O–H groups in total. The number of amides is 1. The van der Waals surface area contributed by atoms with Crippen LogP contribution in [0.1, 0.15) is 22.8 Å². The van der Waals surface area contributed by atoms with Crippen LogP contribution in [0, 0.1) is 5.82 Å². The summed E-state index contributed by atoms with van der Waals surface area (Å²) in [6, 6.07) is 11.0. The van der Waals surface area contributed by atoms with Crippen molar-refractivity contribution in [1.82, 2.24) is 9.88 Å². The number of benzene rings is 1. The van der Waals surface area contributed by atoms with Crippen molar-refractivity contribution in [2.45, 2.75) is 13.5 Å². The van der Waals surface area contributed by atoms with E-state index in [2.05, 4.69) is 10.3 Å². The normalized spacial score (nSPS) is 10.2. The summed E-state index contributed by atoms with van der Waals surface area (Å²) in [5.74, 6) is -0.862. The second kappa shape index (κ2) is 6.83. The number of hydrogen-bond acceptors (Lipinski definition) is 3. The molecule has 0 spiro atoms. The summed E-state index contributed by atoms with van der Waals surface area (Å²) >= 11 is 0. The first kappa shape index (κ1) is 15.0. The number of carbonyl (C=O) groups excluding carboxylic acids is 1. The fraction of sp³-hybridized carbons (Fsp3) is 0.250. The quantitative estimate of drug-likeness (QED) is 0.919. The minimum atomic E-state index is -0.607. The highest BCUT2D eigenvalue weighted by molar-refractivity contribution is 5.95. The van der Waals surface area contributed by atoms with Gasteiger partial charge in [0, 0.05) is 26.3 Å². The predicted molar refractivity (Wildman–Crippen MR) is 80.6 cm³/mol. The summed E-state index contributed by atoms with van der Waals surface area (Å²) in [5.41, 5.74) is 1.02. The van der Waals surface area contributed by atoms with Gasteiger partial charge >= 0.3 is 0 Å². The van der Waals surface area contributed by atoms with Crippen molar-refractivity contribution in [3.8, 4) is 0 Å². The number of anilines is 1. The molecule has 1 amide bonds. The molecule has 21 heavy (non-hydrogen) atoms. The van der Waals surface area contributed by atoms with Crippen LogP contribution in [0.3, 0.4) is 0 Å². The third-order valence-corrected chi connectivity index (χ3v) is 3.07. The molecule has 1 aromatic carbocycles. The third kappa shape index (κ3) is 3.56. The van der Waals surface area contributed by atoms with Gasteiger partial charge in [-0.2, -0.15) is 0 Å². The fourth-order valence-electron chi connectivity index (χ4n) is 2.03. The first-order valence-corrected chi connectivity index (χ1v) is 6.81. The summed E-state index contributed by atoms with van der Waals surface area (Å²) in [6.45, 7) is 2.82. The van der Waals surface area contributed by atoms with Crippen molar-refractivity contribution in [2.75, 3.05) is 18.9 Å². The van der Waals surface area contributed by atoms with E-state index in [1.165, 1.54) is 17.2 Å². The van der Waals surface area contributed by atoms with Crippen LogP contribution in [0.4, 0.5) is 10.2 Å². The molecule has 1 heterocycles. The lowest BCUT2D eigenvalue weighted by Crippen LogP contribution is -2.27. The minimum Gasteiger partial charge on any atom is -0.368 e. The van der Waals surface area contributed by atoms with Gasteiger partial charge in [0.1, 0.15) is 0 Å². The molecule has 4 nitrogen and oxygen atoms in total. The lowest BCUT2D eigenvalue weighted by atomic mass is 10.2. The van der Waals surface area contributed by atoms with E-state index in [1.807, 2.05) is 37.3 Å². The lowest BCUT2D eigenvalue weighted by Gasteiger charge is -2.18. The van der Waals surface area contributed by atoms with Crippen LogP contribution in [0.2, 0.25) is 0 Å². The van der Waals surface area contributed by atoms with Gasteiger partial charge in [-0.25, -0.2) is 9.37 Å². The Kier molecular flexibility index (Phi) is 4.87. The molecule has 2 aromatic rings. The number of nitrogens with zero attached hydrogens (tertiary/aromatic N) is 2. The zero-order chi connectivity index (χ0) is 15.2. The van der Waals surface area contributed by atoms with E-state index in [1.54, 1.807) is 7.05 Å². The van der Waals surface area contributed by atoms with Crippen molar-refractivity contribution in [3.05, 3.63) is 59.5 Å². The molecule has 0 aliphatic carbocycles. The molecular weight excluding hydrogens is 269 g/mol. The molecule has 0 saturated carbocycles. The molecule has 0 fully saturated rings. The largest absolute Gasteiger partial charge is 0.368 e. The van der Waals surface area contributed by atoms with E-state index in [-0.39, 0.29) is 17.3 Å². The van der Waals surface area contributed by atoms with Gasteiger partial charge < -0.3 is 10.2 Å². The molecule has 0 aliphatic heterocycles. The molecule has 0 bridgehead atoms. The van der Waals surface area contributed by atoms with E-state index in [9.17, 15) is 9.18 Å². The van der Waals surface area contributed by atoms with Crippen molar-refractivity contribution in [1.29, 1.82) is 0 Å². The molecule has 0 aliphatic rings. The Hall–Kier alpha value is -2.43. The summed E-state index contributed by atoms with van der Waals surface area (Å²) in [6.07, 6.45) is 1.44. The SMILES string of the molecule is CCNc1nccc(C(=O)N(C)Cc2ccccc2)c1F. The van der Waals surface area contributed by atoms with Crippen molar-refractivity contribution in [2.24, 2.45) is 0 Å². The molecule has 0 atom stereocenters. The van der Waals surface area contributed by atoms with E-state index in [4.69, 9.17) is 0 Å². The first-order chi connectivity index (χ1) is 10.1. The number of pyridine rings is 1. The van der Waals surface area contributed by atoms with E-state index in [0.29, 0.717) is 13.1 Å². The van der Waals surface area contributed by atoms with Gasteiger partial charge in [0.25, 0.3) is 5.91 Å². The summed E-state index contributed by atoms with van der Waals surface area (Å²) in [7, 11) is 1.65. The molecule has 2 rings (SSSR count). The molecule has 110 valence electrons. The highest BCUT2D eigenvalue weighted by atomic mass is 19.1. The van der Waals surface area contributed by atoms with Crippen LogP contribution in [-0.2, 0) is 6.54 Å². The Morgan fingerprint density at radius 2 is 2.00 bits per heavy atom. The zero-order valence-electron chi connectivity index (χ0n) is 12.1. The Balaban J connectivity index is 2.18. The van der Waals surface area contributed by atoms with Crippen molar-refractivity contribution >= 4 is 11.7 Å². The maximum atomic E-state index is 14.2. The molecule has 5 heteroatoms. The summed E-state index contributed by atoms with van der Waals surface area (Å²) < 4.78 is 14.2. The highest BCUT2D eigenvalue weighted by Gasteiger charge is 2.19. The first-order valence-electron chi connectivity index (χ1n) is 6.81. The lowest BCUT2D eigenvalue weighted by molar-refractivity contribution is 0.0780. The molecule has 1 aromatic heterocycles. The summed E-state index contributed by atoms with van der Waals surface area (Å²) in [5, 5.41) is 2.80. The zero-order valence-corrected chi connectivity index (χ0v) is 12.1. The molecule has 0 radical (unpaired) electrons. The Bertz CT molecular complexity index is 616. The second-order valence-corrected chi connectivity index (χ2v) is 4.70. The van der Waals surface area contributed by atoms with Gasteiger partial charge in [-0.1, -0.05) is 30.3 Å². The Labute approximate surface area is 123 Å². The second-order valence-electron chi connectivity index (χ2n) is 4.70. The number of rotatable bonds is 5. The topological polar surface area (TPSA) is 45.2 Å². The summed E-state index contributed by atoms with van der Waals surface area (Å²) in [4.78, 5) is 17.7. The average Bonchev–Trinajstić information content (AvgIpc) is 2.50. The van der Waals surface area contributed by atoms with Gasteiger partial charge in [-0.05, 0) is 18.6 Å². The van der Waals surface area contributed by atoms with Crippen LogP contribution in [0.15, 0.2) is 42.6 Å². The van der Waals surface area contributed by atoms with Gasteiger partial charge in [0.2, 0.25) is 0 Å². The smallest absolute Gasteiger partial charge is 0.257 e.